The maximum absolute atomic E-state index is 12.3. The fourth-order valence-corrected chi connectivity index (χ4v) is 3.86. The Labute approximate surface area is 193 Å². The van der Waals surface area contributed by atoms with E-state index in [-0.39, 0.29) is 11.9 Å². The summed E-state index contributed by atoms with van der Waals surface area (Å²) in [6.45, 7) is 11.1. The molecular formula is C22H24I2O4. The van der Waals surface area contributed by atoms with Gasteiger partial charge in [-0.1, -0.05) is 12.1 Å². The summed E-state index contributed by atoms with van der Waals surface area (Å²) in [5.41, 5.74) is 1.94. The quantitative estimate of drug-likeness (QED) is 0.297. The van der Waals surface area contributed by atoms with E-state index in [9.17, 15) is 9.59 Å². The highest BCUT2D eigenvalue weighted by atomic mass is 127. The lowest BCUT2D eigenvalue weighted by atomic mass is 10.0. The lowest BCUT2D eigenvalue weighted by molar-refractivity contribution is 0.00557. The minimum Gasteiger partial charge on any atom is -0.456 e. The van der Waals surface area contributed by atoms with E-state index in [0.717, 1.165) is 18.3 Å². The van der Waals surface area contributed by atoms with Gasteiger partial charge in [-0.2, -0.15) is 0 Å². The van der Waals surface area contributed by atoms with Gasteiger partial charge in [0.05, 0.1) is 11.1 Å². The van der Waals surface area contributed by atoms with Gasteiger partial charge in [0.15, 0.2) is 0 Å². The molecule has 0 heterocycles. The lowest BCUT2D eigenvalue weighted by Gasteiger charge is -2.20. The molecule has 2 aromatic carbocycles. The molecule has 0 amide bonds. The summed E-state index contributed by atoms with van der Waals surface area (Å²) in [5, 5.41) is 0. The minimum atomic E-state index is -0.535. The molecule has 2 aromatic rings. The number of ether oxygens (including phenoxy) is 2. The van der Waals surface area contributed by atoms with Crippen LogP contribution in [0.3, 0.4) is 0 Å². The number of benzene rings is 2. The highest BCUT2D eigenvalue weighted by molar-refractivity contribution is 14.1. The second-order valence-electron chi connectivity index (χ2n) is 8.39. The number of esters is 2. The van der Waals surface area contributed by atoms with Gasteiger partial charge in [0.25, 0.3) is 0 Å². The molecule has 0 spiro atoms. The van der Waals surface area contributed by atoms with Crippen molar-refractivity contribution in [3.05, 3.63) is 54.7 Å². The fraction of sp³-hybridized carbons (Fsp3) is 0.364. The zero-order chi connectivity index (χ0) is 21.3. The first-order valence-corrected chi connectivity index (χ1v) is 11.0. The Morgan fingerprint density at radius 3 is 1.25 bits per heavy atom. The van der Waals surface area contributed by atoms with Crippen LogP contribution >= 0.6 is 45.2 Å². The van der Waals surface area contributed by atoms with Crippen LogP contribution in [0.2, 0.25) is 0 Å². The van der Waals surface area contributed by atoms with Crippen LogP contribution in [0.4, 0.5) is 0 Å². The summed E-state index contributed by atoms with van der Waals surface area (Å²) >= 11 is 4.29. The van der Waals surface area contributed by atoms with Gasteiger partial charge in [-0.3, -0.25) is 0 Å². The number of carbonyl (C=O) groups is 2. The van der Waals surface area contributed by atoms with E-state index in [0.29, 0.717) is 11.1 Å². The van der Waals surface area contributed by atoms with E-state index in [1.54, 1.807) is 12.1 Å². The molecule has 0 bridgehead atoms. The smallest absolute Gasteiger partial charge is 0.339 e. The van der Waals surface area contributed by atoms with Crippen LogP contribution in [-0.4, -0.2) is 23.1 Å². The van der Waals surface area contributed by atoms with Gasteiger partial charge in [0, 0.05) is 7.14 Å². The summed E-state index contributed by atoms with van der Waals surface area (Å²) in [6, 6.07) is 11.2. The third kappa shape index (κ3) is 6.43. The molecular weight excluding hydrogens is 582 g/mol. The fourth-order valence-electron chi connectivity index (χ4n) is 2.39. The van der Waals surface area contributed by atoms with Crippen molar-refractivity contribution < 1.29 is 19.1 Å². The molecule has 0 aromatic heterocycles. The van der Waals surface area contributed by atoms with E-state index in [1.165, 1.54) is 0 Å². The molecule has 150 valence electrons. The first-order valence-electron chi connectivity index (χ1n) is 8.83. The van der Waals surface area contributed by atoms with Crippen LogP contribution in [-0.2, 0) is 9.47 Å². The molecule has 0 saturated heterocycles. The topological polar surface area (TPSA) is 52.6 Å². The van der Waals surface area contributed by atoms with Gasteiger partial charge in [-0.25, -0.2) is 9.59 Å². The highest BCUT2D eigenvalue weighted by Crippen LogP contribution is 2.28. The normalized spacial score (nSPS) is 11.9. The molecule has 0 saturated carbocycles. The van der Waals surface area contributed by atoms with Gasteiger partial charge in [0.2, 0.25) is 0 Å². The van der Waals surface area contributed by atoms with Gasteiger partial charge in [0.1, 0.15) is 11.2 Å². The molecule has 0 radical (unpaired) electrons. The number of hydrogen-bond acceptors (Lipinski definition) is 4. The predicted octanol–water partition coefficient (Wildman–Crippen LogP) is 6.47. The van der Waals surface area contributed by atoms with Crippen molar-refractivity contribution in [2.45, 2.75) is 52.7 Å². The summed E-state index contributed by atoms with van der Waals surface area (Å²) in [7, 11) is 0. The molecule has 2 rings (SSSR count). The van der Waals surface area contributed by atoms with Crippen molar-refractivity contribution >= 4 is 57.1 Å². The van der Waals surface area contributed by atoms with Crippen LogP contribution < -0.4 is 0 Å². The van der Waals surface area contributed by atoms with Gasteiger partial charge in [-0.15, -0.1) is 0 Å². The molecule has 0 atom stereocenters. The van der Waals surface area contributed by atoms with Crippen LogP contribution in [0.5, 0.6) is 0 Å². The molecule has 0 aliphatic rings. The number of halogens is 2. The largest absolute Gasteiger partial charge is 0.456 e. The lowest BCUT2D eigenvalue weighted by Crippen LogP contribution is -2.24. The van der Waals surface area contributed by atoms with Crippen LogP contribution in [0, 0.1) is 7.14 Å². The minimum absolute atomic E-state index is 0.335. The summed E-state index contributed by atoms with van der Waals surface area (Å²) in [4.78, 5) is 24.7. The Morgan fingerprint density at radius 2 is 1.00 bits per heavy atom. The van der Waals surface area contributed by atoms with Crippen molar-refractivity contribution in [1.29, 1.82) is 0 Å². The summed E-state index contributed by atoms with van der Waals surface area (Å²) < 4.78 is 12.5. The third-order valence-electron chi connectivity index (χ3n) is 3.51. The Balaban J connectivity index is 2.29. The first-order chi connectivity index (χ1) is 12.8. The Morgan fingerprint density at radius 1 is 0.679 bits per heavy atom. The number of hydrogen-bond donors (Lipinski definition) is 0. The van der Waals surface area contributed by atoms with Gasteiger partial charge < -0.3 is 9.47 Å². The second-order valence-corrected chi connectivity index (χ2v) is 10.7. The second kappa shape index (κ2) is 8.69. The van der Waals surface area contributed by atoms with Crippen molar-refractivity contribution in [2.24, 2.45) is 0 Å². The molecule has 4 nitrogen and oxygen atoms in total. The number of carbonyl (C=O) groups excluding carboxylic acids is 2. The Hall–Kier alpha value is -1.16. The zero-order valence-electron chi connectivity index (χ0n) is 16.9. The SMILES string of the molecule is CC(C)(C)OC(=O)c1ccc(-c2ccc(C(=O)OC(C)(C)C)c(I)c2)cc1I. The van der Waals surface area contributed by atoms with Gasteiger partial charge in [-0.05, 0) is 122 Å². The van der Waals surface area contributed by atoms with E-state index in [1.807, 2.05) is 65.8 Å². The third-order valence-corrected chi connectivity index (χ3v) is 5.29. The molecule has 6 heteroatoms. The maximum Gasteiger partial charge on any atom is 0.339 e. The maximum atomic E-state index is 12.3. The molecule has 0 aliphatic heterocycles. The van der Waals surface area contributed by atoms with Crippen molar-refractivity contribution in [1.82, 2.24) is 0 Å². The molecule has 0 unspecified atom stereocenters. The zero-order valence-corrected chi connectivity index (χ0v) is 21.2. The molecule has 0 aliphatic carbocycles. The average Bonchev–Trinajstić information content (AvgIpc) is 2.51. The van der Waals surface area contributed by atoms with Gasteiger partial charge >= 0.3 is 11.9 Å². The van der Waals surface area contributed by atoms with E-state index < -0.39 is 11.2 Å². The van der Waals surface area contributed by atoms with Crippen LogP contribution in [0.15, 0.2) is 36.4 Å². The molecule has 28 heavy (non-hydrogen) atoms. The van der Waals surface area contributed by atoms with E-state index >= 15 is 0 Å². The van der Waals surface area contributed by atoms with E-state index in [2.05, 4.69) is 45.2 Å². The first kappa shape index (κ1) is 23.1. The monoisotopic (exact) mass is 606 g/mol. The molecule has 0 fully saturated rings. The Bertz CT molecular complexity index is 830. The van der Waals surface area contributed by atoms with Crippen molar-refractivity contribution in [3.63, 3.8) is 0 Å². The van der Waals surface area contributed by atoms with Crippen LogP contribution in [0.1, 0.15) is 62.3 Å². The standard InChI is InChI=1S/C22H24I2O4/c1-21(2,3)27-19(25)15-9-7-13(11-17(15)23)14-8-10-16(18(24)12-14)20(26)28-22(4,5)6/h7-12H,1-6H3. The highest BCUT2D eigenvalue weighted by Gasteiger charge is 2.21. The Kier molecular flexibility index (Phi) is 7.17. The molecule has 0 N–H and O–H groups in total. The summed E-state index contributed by atoms with van der Waals surface area (Å²) in [5.74, 6) is -0.670. The van der Waals surface area contributed by atoms with Crippen LogP contribution in [0.25, 0.3) is 11.1 Å². The van der Waals surface area contributed by atoms with Crippen molar-refractivity contribution in [2.75, 3.05) is 0 Å². The summed E-state index contributed by atoms with van der Waals surface area (Å²) in [6.07, 6.45) is 0. The predicted molar refractivity (Wildman–Crippen MR) is 128 cm³/mol. The van der Waals surface area contributed by atoms with Crippen molar-refractivity contribution in [3.8, 4) is 11.1 Å². The average molecular weight is 606 g/mol. The van der Waals surface area contributed by atoms with E-state index in [4.69, 9.17) is 9.47 Å². The number of rotatable bonds is 3.